The molecule has 2 fully saturated rings. The van der Waals surface area contributed by atoms with Crippen molar-refractivity contribution in [2.45, 2.75) is 154 Å². The fourth-order valence-electron chi connectivity index (χ4n) is 9.79. The molecule has 2 aliphatic rings. The van der Waals surface area contributed by atoms with E-state index in [1.54, 1.807) is 18.7 Å². The van der Waals surface area contributed by atoms with Crippen molar-refractivity contribution < 1.29 is 53.4 Å². The number of carboxylic acids is 1. The van der Waals surface area contributed by atoms with Gasteiger partial charge in [0.15, 0.2) is 25.5 Å². The number of nitrogens with zero attached hydrogens (tertiary/aromatic N) is 5. The molecule has 0 unspecified atom stereocenters. The molecule has 2 saturated heterocycles. The Bertz CT molecular complexity index is 2120. The van der Waals surface area contributed by atoms with Crippen molar-refractivity contribution in [2.75, 3.05) is 53.9 Å². The molecule has 416 valence electrons. The number of amides is 5. The number of guanidine groups is 1. The first-order chi connectivity index (χ1) is 35.3. The number of likely N-dealkylation sites (tertiary alicyclic amines) is 1. The molecular formula is C53H85BN10O11. The smallest absolute Gasteiger partial charge is 0.305 e. The lowest BCUT2D eigenvalue weighted by Crippen LogP contribution is -2.58. The van der Waals surface area contributed by atoms with E-state index >= 15 is 0 Å². The summed E-state index contributed by atoms with van der Waals surface area (Å²) in [6, 6.07) is 3.01. The summed E-state index contributed by atoms with van der Waals surface area (Å²) in [4.78, 5) is 134. The maximum Gasteiger partial charge on any atom is 0.305 e. The van der Waals surface area contributed by atoms with Crippen molar-refractivity contribution >= 4 is 66.8 Å². The van der Waals surface area contributed by atoms with E-state index in [0.29, 0.717) is 38.9 Å². The lowest BCUT2D eigenvalue weighted by atomic mass is 9.89. The largest absolute Gasteiger partial charge is 0.481 e. The van der Waals surface area contributed by atoms with Crippen LogP contribution in [0.5, 0.6) is 0 Å². The van der Waals surface area contributed by atoms with Crippen molar-refractivity contribution in [1.82, 2.24) is 35.5 Å². The van der Waals surface area contributed by atoms with E-state index in [9.17, 15) is 53.4 Å². The van der Waals surface area contributed by atoms with Crippen LogP contribution in [0, 0.1) is 29.6 Å². The van der Waals surface area contributed by atoms with Gasteiger partial charge < -0.3 is 57.1 Å². The third-order valence-electron chi connectivity index (χ3n) is 13.9. The zero-order valence-electron chi connectivity index (χ0n) is 45.5. The number of carbonyl (C=O) groups is 9. The molecular weight excluding hydrogens is 963 g/mol. The minimum absolute atomic E-state index is 0.0644. The highest BCUT2D eigenvalue weighted by atomic mass is 16.4. The number of hydrogen-bond donors (Lipinski definition) is 7. The van der Waals surface area contributed by atoms with E-state index in [1.807, 2.05) is 63.2 Å². The Morgan fingerprint density at radius 1 is 0.800 bits per heavy atom. The van der Waals surface area contributed by atoms with Crippen molar-refractivity contribution in [2.24, 2.45) is 46.0 Å². The number of hydrogen-bond acceptors (Lipinski definition) is 13. The molecule has 2 aliphatic heterocycles. The quantitative estimate of drug-likeness (QED) is 0.0229. The fraction of sp³-hybridized carbons (Fsp3) is 0.698. The van der Waals surface area contributed by atoms with Gasteiger partial charge >= 0.3 is 5.97 Å². The number of nitrogens with one attached hydrogen (secondary N) is 3. The van der Waals surface area contributed by atoms with Gasteiger partial charge in [0.2, 0.25) is 29.5 Å². The molecule has 0 spiro atoms. The Hall–Kier alpha value is -5.74. The first-order valence-corrected chi connectivity index (χ1v) is 26.4. The van der Waals surface area contributed by atoms with Crippen LogP contribution in [0.25, 0.3) is 0 Å². The van der Waals surface area contributed by atoms with Crippen LogP contribution >= 0.6 is 0 Å². The molecule has 21 nitrogen and oxygen atoms in total. The van der Waals surface area contributed by atoms with Crippen LogP contribution < -0.4 is 27.4 Å². The van der Waals surface area contributed by atoms with Crippen LogP contribution in [0.2, 0.25) is 0 Å². The van der Waals surface area contributed by atoms with Crippen molar-refractivity contribution in [3.63, 3.8) is 0 Å². The molecule has 0 saturated carbocycles. The van der Waals surface area contributed by atoms with Gasteiger partial charge in [-0.3, -0.25) is 48.1 Å². The molecule has 0 bridgehead atoms. The molecule has 9 N–H and O–H groups in total. The molecule has 9 atom stereocenters. The summed E-state index contributed by atoms with van der Waals surface area (Å²) in [5.41, 5.74) is 11.6. The number of carboxylic acid groups (broad SMARTS) is 1. The number of aliphatic imine (C=N–C) groups is 1. The Morgan fingerprint density at radius 3 is 2.00 bits per heavy atom. The SMILES string of the molecule is [B]N1CCC[C@H](C(=O)N[C@@H](Cc2ccccc2)C(=O)C[C@H](CCCN(C)C)C(=O)N[C@@H](CC(C)C)C(=O)N2C[C@H](O)C[C@H]2C(=O)N(C)[C@@H](CC(C)C)C(=O)N[C@@H](CC(=O)O)C(=O)C[C@@H](CCCN=C(N)N)C(C)=O)C1. The summed E-state index contributed by atoms with van der Waals surface area (Å²) < 4.78 is 0. The monoisotopic (exact) mass is 1050 g/mol. The number of piperidine rings is 1. The number of carbonyl (C=O) groups excluding carboxylic acids is 8. The van der Waals surface area contributed by atoms with E-state index < -0.39 is 95.9 Å². The maximum atomic E-state index is 14.8. The Kier molecular flexibility index (Phi) is 26.6. The van der Waals surface area contributed by atoms with Gasteiger partial charge in [-0.1, -0.05) is 58.0 Å². The van der Waals surface area contributed by atoms with Gasteiger partial charge in [0.05, 0.1) is 24.6 Å². The molecule has 2 radical (unpaired) electrons. The number of aliphatic hydroxyl groups is 1. The van der Waals surface area contributed by atoms with Gasteiger partial charge in [-0.2, -0.15) is 0 Å². The molecule has 0 aromatic heterocycles. The topological polar surface area (TPSA) is 308 Å². The molecule has 22 heteroatoms. The van der Waals surface area contributed by atoms with Crippen LogP contribution in [-0.4, -0.2) is 187 Å². The van der Waals surface area contributed by atoms with Gasteiger partial charge in [0, 0.05) is 57.2 Å². The lowest BCUT2D eigenvalue weighted by molar-refractivity contribution is -0.149. The van der Waals surface area contributed by atoms with Crippen molar-refractivity contribution in [3.8, 4) is 0 Å². The predicted molar refractivity (Wildman–Crippen MR) is 284 cm³/mol. The normalized spacial score (nSPS) is 19.3. The second-order valence-electron chi connectivity index (χ2n) is 21.7. The Labute approximate surface area is 444 Å². The van der Waals surface area contributed by atoms with E-state index in [-0.39, 0.29) is 99.7 Å². The minimum Gasteiger partial charge on any atom is -0.481 e. The van der Waals surface area contributed by atoms with Crippen molar-refractivity contribution in [3.05, 3.63) is 35.9 Å². The van der Waals surface area contributed by atoms with Gasteiger partial charge in [-0.25, -0.2) is 0 Å². The van der Waals surface area contributed by atoms with E-state index in [2.05, 4.69) is 20.9 Å². The molecule has 5 amide bonds. The lowest BCUT2D eigenvalue weighted by Gasteiger charge is -2.35. The van der Waals surface area contributed by atoms with Crippen LogP contribution in [0.3, 0.4) is 0 Å². The molecule has 3 rings (SSSR count). The summed E-state index contributed by atoms with van der Waals surface area (Å²) in [5, 5.41) is 29.3. The zero-order chi connectivity index (χ0) is 56.1. The third kappa shape index (κ3) is 21.8. The molecule has 0 aliphatic carbocycles. The second-order valence-corrected chi connectivity index (χ2v) is 21.7. The van der Waals surface area contributed by atoms with Crippen LogP contribution in [0.4, 0.5) is 0 Å². The number of rotatable bonds is 32. The number of aliphatic hydroxyl groups excluding tert-OH is 1. The van der Waals surface area contributed by atoms with Crippen LogP contribution in [0.1, 0.15) is 117 Å². The second kappa shape index (κ2) is 31.3. The first-order valence-electron chi connectivity index (χ1n) is 26.4. The van der Waals surface area contributed by atoms with E-state index in [1.165, 1.54) is 18.9 Å². The average molecular weight is 1050 g/mol. The summed E-state index contributed by atoms with van der Waals surface area (Å²) in [7, 11) is 11.2. The Morgan fingerprint density at radius 2 is 1.41 bits per heavy atom. The highest BCUT2D eigenvalue weighted by molar-refractivity contribution is 6.04. The summed E-state index contributed by atoms with van der Waals surface area (Å²) in [5.74, 6) is -8.39. The zero-order valence-corrected chi connectivity index (χ0v) is 45.5. The predicted octanol–water partition coefficient (Wildman–Crippen LogP) is 0.970. The number of ketones is 3. The highest BCUT2D eigenvalue weighted by Crippen LogP contribution is 2.26. The maximum absolute atomic E-state index is 14.8. The summed E-state index contributed by atoms with van der Waals surface area (Å²) >= 11 is 0. The number of benzene rings is 1. The summed E-state index contributed by atoms with van der Waals surface area (Å²) in [6.07, 6.45) is 0.404. The highest BCUT2D eigenvalue weighted by Gasteiger charge is 2.45. The van der Waals surface area contributed by atoms with Crippen molar-refractivity contribution in [1.29, 1.82) is 0 Å². The summed E-state index contributed by atoms with van der Waals surface area (Å²) in [6.45, 7) is 10.2. The average Bonchev–Trinajstić information content (AvgIpc) is 3.73. The molecule has 1 aromatic rings. The van der Waals surface area contributed by atoms with Gasteiger partial charge in [0.25, 0.3) is 0 Å². The van der Waals surface area contributed by atoms with Gasteiger partial charge in [-0.15, -0.1) is 0 Å². The number of β-amino-alcohol motifs (C(OH)–C–C–N with tert-alkyl or cyclic N) is 1. The standard InChI is InChI=1S/C53H85BN10O11/c1-32(2)23-42(60-48(71)37(18-13-21-61(6)7)27-46(68)40(25-35-15-10-9-11-16-35)58-49(72)38-19-14-22-63(54)30-38)51(74)64-31-39(66)28-44(64)52(75)62(8)43(24-33(3)4)50(73)59-41(29-47(69)70)45(67)26-36(34(5)65)17-12-20-57-53(55)56/h9-11,15-16,32-33,36-44,66H,12-14,17-31H2,1-8H3,(H,58,72)(H,59,73)(H,60,71)(H,69,70)(H4,55,56,57)/t36-,37+,38+,39-,40+,41+,42+,43+,44+/m1/s1. The van der Waals surface area contributed by atoms with Crippen LogP contribution in [-0.2, 0) is 49.6 Å². The number of nitrogens with two attached hydrogens (primary N) is 2. The fourth-order valence-corrected chi connectivity index (χ4v) is 9.79. The number of Topliss-reactive ketones (excluding diaryl/α,β-unsaturated/α-hetero) is 3. The van der Waals surface area contributed by atoms with E-state index in [4.69, 9.17) is 19.4 Å². The van der Waals surface area contributed by atoms with Crippen LogP contribution in [0.15, 0.2) is 35.3 Å². The number of likely N-dealkylation sites (N-methyl/N-ethyl adjacent to an activating group) is 1. The third-order valence-corrected chi connectivity index (χ3v) is 13.9. The Balaban J connectivity index is 1.90. The molecule has 1 aromatic carbocycles. The van der Waals surface area contributed by atoms with Gasteiger partial charge in [0.1, 0.15) is 23.9 Å². The molecule has 2 heterocycles. The van der Waals surface area contributed by atoms with E-state index in [0.717, 1.165) is 16.9 Å². The number of aliphatic carboxylic acids is 1. The van der Waals surface area contributed by atoms with Gasteiger partial charge in [-0.05, 0) is 116 Å². The molecule has 75 heavy (non-hydrogen) atoms. The first kappa shape index (κ1) is 63.6. The minimum atomic E-state index is -1.55.